The van der Waals surface area contributed by atoms with Crippen LogP contribution in [0.4, 0.5) is 0 Å². The topological polar surface area (TPSA) is 163 Å². The molecule has 0 aromatic heterocycles. The molecule has 0 saturated heterocycles. The molecule has 11 nitrogen and oxygen atoms in total. The number of fused-ring (bicyclic) bond motifs is 2. The van der Waals surface area contributed by atoms with Crippen LogP contribution in [0.5, 0.6) is 28.7 Å². The second-order valence-corrected chi connectivity index (χ2v) is 15.1. The van der Waals surface area contributed by atoms with Gasteiger partial charge in [0.15, 0.2) is 0 Å². The van der Waals surface area contributed by atoms with Crippen molar-refractivity contribution in [1.82, 2.24) is 0 Å². The Morgan fingerprint density at radius 3 is 0.939 bits per heavy atom. The molecule has 9 aromatic carbocycles. The van der Waals surface area contributed by atoms with Gasteiger partial charge in [0.2, 0.25) is 0 Å². The summed E-state index contributed by atoms with van der Waals surface area (Å²) in [5, 5.41) is 21.9. The zero-order valence-electron chi connectivity index (χ0n) is 34.5. The predicted octanol–water partition coefficient (Wildman–Crippen LogP) is 11.6. The van der Waals surface area contributed by atoms with Crippen molar-refractivity contribution >= 4 is 51.4 Å². The van der Waals surface area contributed by atoms with E-state index < -0.39 is 29.8 Å². The highest BCUT2D eigenvalue weighted by molar-refractivity contribution is 6.00. The van der Waals surface area contributed by atoms with Gasteiger partial charge in [0, 0.05) is 0 Å². The predicted molar refractivity (Wildman–Crippen MR) is 247 cm³/mol. The molecule has 66 heavy (non-hydrogen) atoms. The van der Waals surface area contributed by atoms with Gasteiger partial charge < -0.3 is 29.2 Å². The van der Waals surface area contributed by atoms with Gasteiger partial charge in [0.25, 0.3) is 0 Å². The lowest BCUT2D eigenvalue weighted by Crippen LogP contribution is -2.12. The zero-order valence-corrected chi connectivity index (χ0v) is 34.5. The van der Waals surface area contributed by atoms with E-state index in [1.807, 2.05) is 12.1 Å². The van der Waals surface area contributed by atoms with Gasteiger partial charge in [0.1, 0.15) is 28.7 Å². The van der Waals surface area contributed by atoms with E-state index >= 15 is 0 Å². The maximum absolute atomic E-state index is 13.1. The van der Waals surface area contributed by atoms with Crippen molar-refractivity contribution in [3.05, 3.63) is 222 Å². The summed E-state index contributed by atoms with van der Waals surface area (Å²) in [5.41, 5.74) is 4.48. The zero-order chi connectivity index (χ0) is 45.7. The molecule has 0 amide bonds. The van der Waals surface area contributed by atoms with Crippen molar-refractivity contribution in [1.29, 1.82) is 0 Å². The molecule has 0 bridgehead atoms. The number of ether oxygens (including phenoxy) is 4. The Hall–Kier alpha value is -9.35. The van der Waals surface area contributed by atoms with E-state index in [0.717, 1.165) is 33.0 Å². The highest BCUT2D eigenvalue weighted by Gasteiger charge is 2.16. The molecule has 0 aliphatic rings. The van der Waals surface area contributed by atoms with Crippen LogP contribution >= 0.6 is 0 Å². The molecule has 0 aliphatic carbocycles. The summed E-state index contributed by atoms with van der Waals surface area (Å²) in [4.78, 5) is 63.2. The first-order valence-electron chi connectivity index (χ1n) is 20.4. The van der Waals surface area contributed by atoms with E-state index in [1.54, 1.807) is 158 Å². The van der Waals surface area contributed by atoms with Gasteiger partial charge in [-0.1, -0.05) is 78.9 Å². The van der Waals surface area contributed by atoms with E-state index in [9.17, 15) is 34.2 Å². The number of benzene rings is 9. The monoisotopic (exact) mass is 870 g/mol. The highest BCUT2D eigenvalue weighted by atomic mass is 16.5. The second-order valence-electron chi connectivity index (χ2n) is 15.1. The number of hydrogen-bond donors (Lipinski definition) is 2. The molecule has 0 aliphatic heterocycles. The Labute approximate surface area is 376 Å². The van der Waals surface area contributed by atoms with Crippen LogP contribution in [0.25, 0.3) is 43.8 Å². The van der Waals surface area contributed by atoms with E-state index in [-0.39, 0.29) is 28.2 Å². The number of rotatable bonds is 11. The third-order valence-electron chi connectivity index (χ3n) is 10.6. The number of aromatic hydroxyl groups is 1. The van der Waals surface area contributed by atoms with Crippen LogP contribution in [-0.2, 0) is 0 Å². The van der Waals surface area contributed by atoms with Crippen LogP contribution in [0.1, 0.15) is 51.8 Å². The van der Waals surface area contributed by atoms with Crippen molar-refractivity contribution in [2.24, 2.45) is 0 Å². The highest BCUT2D eigenvalue weighted by Crippen LogP contribution is 2.29. The van der Waals surface area contributed by atoms with Gasteiger partial charge in [-0.05, 0) is 159 Å². The van der Waals surface area contributed by atoms with Gasteiger partial charge in [-0.15, -0.1) is 0 Å². The molecule has 0 heterocycles. The maximum Gasteiger partial charge on any atom is 0.343 e. The minimum absolute atomic E-state index is 0.147. The smallest absolute Gasteiger partial charge is 0.343 e. The Kier molecular flexibility index (Phi) is 11.6. The number of aromatic carboxylic acids is 1. The fraction of sp³-hybridized carbons (Fsp3) is 0. The second kappa shape index (κ2) is 18.2. The summed E-state index contributed by atoms with van der Waals surface area (Å²) in [6.07, 6.45) is 0. The number of carboxylic acid groups (broad SMARTS) is 1. The lowest BCUT2D eigenvalue weighted by molar-refractivity contribution is 0.0691. The number of esters is 4. The van der Waals surface area contributed by atoms with E-state index in [1.165, 1.54) is 24.3 Å². The van der Waals surface area contributed by atoms with Crippen LogP contribution < -0.4 is 18.9 Å². The van der Waals surface area contributed by atoms with Gasteiger partial charge in [-0.3, -0.25) is 0 Å². The van der Waals surface area contributed by atoms with Crippen LogP contribution in [0.2, 0.25) is 0 Å². The summed E-state index contributed by atoms with van der Waals surface area (Å²) in [7, 11) is 0. The first-order valence-corrected chi connectivity index (χ1v) is 20.4. The van der Waals surface area contributed by atoms with E-state index in [2.05, 4.69) is 0 Å². The fourth-order valence-corrected chi connectivity index (χ4v) is 7.16. The molecular weight excluding hydrogens is 837 g/mol. The minimum Gasteiger partial charge on any atom is -0.508 e. The molecule has 0 saturated carbocycles. The number of carbonyl (C=O) groups excluding carboxylic acids is 4. The fourth-order valence-electron chi connectivity index (χ4n) is 7.16. The SMILES string of the molecule is O=C(O)c1ccc2cc(C(=O)Oc3ccc(-c4ccc(OC(=O)c5cccc(C(=O)Oc6ccc(-c7ccc(OC(=O)c8ccc9cc(O)ccc9c8)cc7)cc6)c5)cc4)cc3)ccc2c1. The normalized spacial score (nSPS) is 10.8. The minimum atomic E-state index is -1.03. The quantitative estimate of drug-likeness (QED) is 0.0939. The molecule has 320 valence electrons. The van der Waals surface area contributed by atoms with Gasteiger partial charge in [-0.25, -0.2) is 24.0 Å². The molecule has 0 spiro atoms. The van der Waals surface area contributed by atoms with Crippen LogP contribution in [0.3, 0.4) is 0 Å². The molecule has 0 atom stereocenters. The lowest BCUT2D eigenvalue weighted by Gasteiger charge is -2.09. The van der Waals surface area contributed by atoms with Crippen molar-refractivity contribution in [3.8, 4) is 51.0 Å². The maximum atomic E-state index is 13.1. The summed E-state index contributed by atoms with van der Waals surface area (Å²) >= 11 is 0. The Bertz CT molecular complexity index is 3340. The first kappa shape index (κ1) is 42.0. The molecule has 0 fully saturated rings. The Morgan fingerprint density at radius 1 is 0.303 bits per heavy atom. The van der Waals surface area contributed by atoms with E-state index in [4.69, 9.17) is 18.9 Å². The summed E-state index contributed by atoms with van der Waals surface area (Å²) < 4.78 is 22.4. The van der Waals surface area contributed by atoms with Gasteiger partial charge in [-0.2, -0.15) is 0 Å². The number of phenolic OH excluding ortho intramolecular Hbond substituents is 1. The lowest BCUT2D eigenvalue weighted by atomic mass is 10.0. The summed E-state index contributed by atoms with van der Waals surface area (Å²) in [5.74, 6) is -1.99. The third kappa shape index (κ3) is 9.50. The van der Waals surface area contributed by atoms with Crippen molar-refractivity contribution in [2.45, 2.75) is 0 Å². The molecule has 9 aromatic rings. The standard InChI is InChI=1S/C55H34O11/c56-46-19-10-39-30-45(9-6-40(39)32-46)55(62)66-50-26-17-36(18-27-50)34-13-22-48(23-14-34)64-53(60)43-3-1-2-42(31-43)52(59)63-47-20-11-33(12-21-47)35-15-24-49(25-16-35)65-54(61)44-8-5-37-28-41(51(57)58)7-4-38(37)29-44/h1-32,56H,(H,57,58). The summed E-state index contributed by atoms with van der Waals surface area (Å²) in [6, 6.07) is 53.3. The number of carboxylic acids is 1. The first-order chi connectivity index (χ1) is 32.0. The van der Waals surface area contributed by atoms with Crippen LogP contribution in [0, 0.1) is 0 Å². The average Bonchev–Trinajstić information content (AvgIpc) is 3.34. The van der Waals surface area contributed by atoms with Crippen molar-refractivity contribution in [3.63, 3.8) is 0 Å². The van der Waals surface area contributed by atoms with Crippen LogP contribution in [-0.4, -0.2) is 40.1 Å². The molecule has 2 N–H and O–H groups in total. The van der Waals surface area contributed by atoms with Crippen LogP contribution in [0.15, 0.2) is 194 Å². The molecule has 0 radical (unpaired) electrons. The van der Waals surface area contributed by atoms with Crippen molar-refractivity contribution < 1.29 is 53.1 Å². The molecule has 9 rings (SSSR count). The number of hydrogen-bond acceptors (Lipinski definition) is 10. The number of carbonyl (C=O) groups is 5. The molecular formula is C55H34O11. The Morgan fingerprint density at radius 2 is 0.591 bits per heavy atom. The summed E-state index contributed by atoms with van der Waals surface area (Å²) in [6.45, 7) is 0. The number of phenols is 1. The third-order valence-corrected chi connectivity index (χ3v) is 10.6. The van der Waals surface area contributed by atoms with Crippen molar-refractivity contribution in [2.75, 3.05) is 0 Å². The van der Waals surface area contributed by atoms with Gasteiger partial charge in [0.05, 0.1) is 27.8 Å². The molecule has 0 unspecified atom stereocenters. The van der Waals surface area contributed by atoms with Gasteiger partial charge >= 0.3 is 29.8 Å². The molecule has 11 heteroatoms. The average molecular weight is 871 g/mol. The van der Waals surface area contributed by atoms with E-state index in [0.29, 0.717) is 39.1 Å². The largest absolute Gasteiger partial charge is 0.508 e. The Balaban J connectivity index is 0.764.